The first kappa shape index (κ1) is 22.3. The van der Waals surface area contributed by atoms with Crippen molar-refractivity contribution in [1.82, 2.24) is 4.90 Å². The summed E-state index contributed by atoms with van der Waals surface area (Å²) < 4.78 is 0. The predicted octanol–water partition coefficient (Wildman–Crippen LogP) is 0.108. The van der Waals surface area contributed by atoms with Crippen molar-refractivity contribution >= 4 is 34.8 Å². The third-order valence-corrected chi connectivity index (χ3v) is 6.97. The second-order valence-electron chi connectivity index (χ2n) is 8.47. The smallest absolute Gasteiger partial charge is 0.255 e. The van der Waals surface area contributed by atoms with Crippen molar-refractivity contribution in [3.05, 3.63) is 45.2 Å². The van der Waals surface area contributed by atoms with Gasteiger partial charge in [-0.3, -0.25) is 19.3 Å². The van der Waals surface area contributed by atoms with Crippen molar-refractivity contribution < 1.29 is 39.9 Å². The maximum atomic E-state index is 13.6. The van der Waals surface area contributed by atoms with Crippen LogP contribution in [0.25, 0.3) is 5.76 Å². The molecule has 0 aromatic heterocycles. The lowest BCUT2D eigenvalue weighted by molar-refractivity contribution is -0.155. The van der Waals surface area contributed by atoms with E-state index >= 15 is 0 Å². The lowest BCUT2D eigenvalue weighted by atomic mass is 9.57. The molecular weight excluding hydrogens is 444 g/mol. The summed E-state index contributed by atoms with van der Waals surface area (Å²) >= 11 is 6.19. The number of aliphatic hydroxyl groups excluding tert-OH is 3. The normalized spacial score (nSPS) is 32.1. The summed E-state index contributed by atoms with van der Waals surface area (Å²) in [6.45, 7) is 0. The van der Waals surface area contributed by atoms with Gasteiger partial charge in [-0.05, 0) is 32.6 Å². The molecule has 3 aliphatic rings. The fourth-order valence-corrected chi connectivity index (χ4v) is 5.51. The predicted molar refractivity (Wildman–Crippen MR) is 111 cm³/mol. The fraction of sp³-hybridized carbons (Fsp3) is 0.381. The molecule has 170 valence electrons. The van der Waals surface area contributed by atoms with Crippen LogP contribution in [0.2, 0.25) is 5.02 Å². The van der Waals surface area contributed by atoms with Gasteiger partial charge in [-0.1, -0.05) is 11.6 Å². The Balaban J connectivity index is 2.03. The topological polar surface area (TPSA) is 182 Å². The van der Waals surface area contributed by atoms with Crippen LogP contribution in [0.4, 0.5) is 0 Å². The molecule has 0 heterocycles. The minimum atomic E-state index is -2.77. The highest BCUT2D eigenvalue weighted by Gasteiger charge is 2.65. The third-order valence-electron chi connectivity index (χ3n) is 6.64. The maximum Gasteiger partial charge on any atom is 0.255 e. The summed E-state index contributed by atoms with van der Waals surface area (Å²) in [5.74, 6) is -8.19. The van der Waals surface area contributed by atoms with Crippen molar-refractivity contribution in [2.75, 3.05) is 14.1 Å². The van der Waals surface area contributed by atoms with Gasteiger partial charge in [0.1, 0.15) is 22.8 Å². The van der Waals surface area contributed by atoms with Gasteiger partial charge in [0.2, 0.25) is 5.78 Å². The number of primary amides is 1. The molecule has 2 unspecified atom stereocenters. The first-order chi connectivity index (χ1) is 14.8. The first-order valence-corrected chi connectivity index (χ1v) is 10.1. The zero-order valence-electron chi connectivity index (χ0n) is 17.0. The number of hydrogen-bond donors (Lipinski definition) is 6. The number of benzene rings is 1. The van der Waals surface area contributed by atoms with E-state index in [9.17, 15) is 39.9 Å². The van der Waals surface area contributed by atoms with Crippen LogP contribution in [0.5, 0.6) is 5.75 Å². The number of aromatic hydroxyl groups is 1. The number of amides is 1. The van der Waals surface area contributed by atoms with E-state index in [0.29, 0.717) is 0 Å². The van der Waals surface area contributed by atoms with Crippen molar-refractivity contribution in [3.8, 4) is 5.75 Å². The van der Waals surface area contributed by atoms with Crippen molar-refractivity contribution in [1.29, 1.82) is 0 Å². The van der Waals surface area contributed by atoms with Crippen molar-refractivity contribution in [2.45, 2.75) is 24.2 Å². The summed E-state index contributed by atoms with van der Waals surface area (Å²) in [4.78, 5) is 39.8. The Morgan fingerprint density at radius 2 is 1.84 bits per heavy atom. The van der Waals surface area contributed by atoms with Gasteiger partial charge < -0.3 is 31.3 Å². The number of fused-ring (bicyclic) bond motifs is 3. The minimum Gasteiger partial charge on any atom is -0.508 e. The number of likely N-dealkylation sites (N-methyl/N-ethyl adjacent to an activating group) is 1. The number of carbonyl (C=O) groups is 3. The molecule has 0 bridgehead atoms. The number of carbonyl (C=O) groups excluding carboxylic acids is 3. The van der Waals surface area contributed by atoms with E-state index in [0.717, 1.165) is 0 Å². The fourth-order valence-electron chi connectivity index (χ4n) is 5.24. The van der Waals surface area contributed by atoms with E-state index in [1.54, 1.807) is 0 Å². The summed E-state index contributed by atoms with van der Waals surface area (Å²) in [6, 6.07) is 1.25. The summed E-state index contributed by atoms with van der Waals surface area (Å²) in [6.07, 6.45) is -1.70. The van der Waals surface area contributed by atoms with E-state index < -0.39 is 75.5 Å². The van der Waals surface area contributed by atoms with Crippen LogP contribution in [-0.2, 0) is 14.4 Å². The van der Waals surface area contributed by atoms with Crippen LogP contribution in [0.1, 0.15) is 23.7 Å². The molecule has 5 atom stereocenters. The molecule has 3 aliphatic carbocycles. The lowest BCUT2D eigenvalue weighted by Crippen LogP contribution is -2.66. The Morgan fingerprint density at radius 1 is 1.22 bits per heavy atom. The third kappa shape index (κ3) is 2.61. The zero-order chi connectivity index (χ0) is 23.9. The van der Waals surface area contributed by atoms with Gasteiger partial charge in [0, 0.05) is 28.0 Å². The molecular formula is C21H21ClN2O8. The van der Waals surface area contributed by atoms with E-state index in [-0.39, 0.29) is 22.6 Å². The monoisotopic (exact) mass is 464 g/mol. The molecule has 11 heteroatoms. The van der Waals surface area contributed by atoms with E-state index in [2.05, 4.69) is 0 Å². The standard InChI is InChI=1S/C21H21ClN2O8/c1-24(2)14-7-5-6-10(16(27)12-9(25)4-3-8(22)11(12)15(6)26)18(29)21(7,32)19(30)13(17(14)28)20(23)31/h3-4,6-7,14-15,25-27,30,32H,5H2,1-2H3,(H2,23,31)/t6?,7?,14-,15-,21-/m0/s1. The SMILES string of the molecule is CN(C)[C@@H]1C(=O)C(C(N)=O)=C(O)[C@@]2(O)C(=O)C3=C(O)c4c(O)ccc(Cl)c4[C@@H](O)C3CC12. The average molecular weight is 465 g/mol. The molecule has 7 N–H and O–H groups in total. The number of nitrogens with two attached hydrogens (primary N) is 1. The van der Waals surface area contributed by atoms with E-state index in [1.165, 1.54) is 31.1 Å². The Morgan fingerprint density at radius 3 is 2.41 bits per heavy atom. The molecule has 10 nitrogen and oxygen atoms in total. The summed E-state index contributed by atoms with van der Waals surface area (Å²) in [5, 5.41) is 54.4. The molecule has 32 heavy (non-hydrogen) atoms. The Bertz CT molecular complexity index is 1160. The van der Waals surface area contributed by atoms with Crippen LogP contribution in [0.3, 0.4) is 0 Å². The van der Waals surface area contributed by atoms with Crippen molar-refractivity contribution in [2.24, 2.45) is 17.6 Å². The molecule has 1 fully saturated rings. The Labute approximate surface area is 186 Å². The van der Waals surface area contributed by atoms with E-state index in [4.69, 9.17) is 17.3 Å². The van der Waals surface area contributed by atoms with Gasteiger partial charge in [0.25, 0.3) is 5.91 Å². The van der Waals surface area contributed by atoms with Crippen LogP contribution in [0.15, 0.2) is 29.0 Å². The van der Waals surface area contributed by atoms with Gasteiger partial charge in [-0.2, -0.15) is 0 Å². The number of aliphatic hydroxyl groups is 4. The number of nitrogens with zero attached hydrogens (tertiary/aromatic N) is 1. The van der Waals surface area contributed by atoms with Crippen molar-refractivity contribution in [3.63, 3.8) is 0 Å². The molecule has 1 aromatic carbocycles. The highest BCUT2D eigenvalue weighted by molar-refractivity contribution is 6.32. The zero-order valence-corrected chi connectivity index (χ0v) is 17.8. The number of Topliss-reactive ketones (excluding diaryl/α,β-unsaturated/α-hetero) is 2. The molecule has 1 saturated carbocycles. The van der Waals surface area contributed by atoms with Crippen LogP contribution in [-0.4, -0.2) is 73.6 Å². The first-order valence-electron chi connectivity index (χ1n) is 9.69. The molecule has 1 aromatic rings. The Hall–Kier alpha value is -2.92. The highest BCUT2D eigenvalue weighted by atomic mass is 35.5. The van der Waals surface area contributed by atoms with Crippen LogP contribution in [0, 0.1) is 11.8 Å². The van der Waals surface area contributed by atoms with Crippen LogP contribution >= 0.6 is 11.6 Å². The van der Waals surface area contributed by atoms with E-state index in [1.807, 2.05) is 0 Å². The largest absolute Gasteiger partial charge is 0.508 e. The lowest BCUT2D eigenvalue weighted by Gasteiger charge is -2.51. The number of ketones is 2. The summed E-state index contributed by atoms with van der Waals surface area (Å²) in [5.41, 5.74) is 0.845. The molecule has 4 rings (SSSR count). The second kappa shape index (κ2) is 7.04. The number of rotatable bonds is 2. The van der Waals surface area contributed by atoms with Gasteiger partial charge in [-0.15, -0.1) is 0 Å². The second-order valence-corrected chi connectivity index (χ2v) is 8.87. The summed E-state index contributed by atoms with van der Waals surface area (Å²) in [7, 11) is 2.97. The molecule has 0 saturated heterocycles. The quantitative estimate of drug-likeness (QED) is 0.331. The average Bonchev–Trinajstić information content (AvgIpc) is 2.69. The van der Waals surface area contributed by atoms with Gasteiger partial charge >= 0.3 is 0 Å². The van der Waals surface area contributed by atoms with Gasteiger partial charge in [0.05, 0.1) is 17.7 Å². The minimum absolute atomic E-state index is 0.00251. The highest BCUT2D eigenvalue weighted by Crippen LogP contribution is 2.56. The number of phenolic OH excluding ortho intramolecular Hbond substituents is 1. The van der Waals surface area contributed by atoms with Crippen LogP contribution < -0.4 is 5.73 Å². The number of halogens is 1. The molecule has 0 radical (unpaired) electrons. The molecule has 1 amide bonds. The number of hydrogen-bond acceptors (Lipinski definition) is 9. The molecule has 0 aliphatic heterocycles. The Kier molecular flexibility index (Phi) is 4.90. The maximum absolute atomic E-state index is 13.6. The van der Waals surface area contributed by atoms with Gasteiger partial charge in [0.15, 0.2) is 11.4 Å². The molecule has 0 spiro atoms. The number of phenols is 1. The van der Waals surface area contributed by atoms with Gasteiger partial charge in [-0.25, -0.2) is 0 Å².